The summed E-state index contributed by atoms with van der Waals surface area (Å²) in [5, 5.41) is 12.4. The van der Waals surface area contributed by atoms with Gasteiger partial charge in [0.15, 0.2) is 5.78 Å². The molecule has 0 bridgehead atoms. The maximum Gasteiger partial charge on any atom is 0.277 e. The topological polar surface area (TPSA) is 139 Å². The summed E-state index contributed by atoms with van der Waals surface area (Å²) >= 11 is 0. The number of Topliss-reactive ketones (excluding diaryl/α,β-unsaturated/α-hetero) is 1. The number of aryl methyl sites for hydroxylation is 1. The number of nitrogens with two attached hydrogens (primary N) is 1. The van der Waals surface area contributed by atoms with Crippen LogP contribution in [0.2, 0.25) is 0 Å². The van der Waals surface area contributed by atoms with Crippen molar-refractivity contribution in [2.24, 2.45) is 5.73 Å². The fraction of sp³-hybridized carbons (Fsp3) is 0.318. The summed E-state index contributed by atoms with van der Waals surface area (Å²) in [6, 6.07) is 9.65. The van der Waals surface area contributed by atoms with E-state index in [0.717, 1.165) is 30.7 Å². The molecule has 1 saturated heterocycles. The zero-order valence-corrected chi connectivity index (χ0v) is 17.7. The molecule has 10 heteroatoms. The van der Waals surface area contributed by atoms with E-state index in [9.17, 15) is 14.4 Å². The van der Waals surface area contributed by atoms with Crippen LogP contribution in [0, 0.1) is 11.3 Å². The molecule has 0 atom stereocenters. The average molecular weight is 433 g/mol. The SMILES string of the molecule is CCn1c(N2CCNCC2)nc2cc(C(N)=O)n(CC(=O)c3cccc(C#N)c3)c(=O)c21. The van der Waals surface area contributed by atoms with Gasteiger partial charge < -0.3 is 20.5 Å². The number of fused-ring (bicyclic) bond motifs is 1. The minimum Gasteiger partial charge on any atom is -0.364 e. The monoisotopic (exact) mass is 433 g/mol. The van der Waals surface area contributed by atoms with Crippen LogP contribution in [0.5, 0.6) is 0 Å². The lowest BCUT2D eigenvalue weighted by Gasteiger charge is -2.28. The number of carbonyl (C=O) groups is 2. The summed E-state index contributed by atoms with van der Waals surface area (Å²) in [6.45, 7) is 5.14. The van der Waals surface area contributed by atoms with Crippen molar-refractivity contribution < 1.29 is 9.59 Å². The van der Waals surface area contributed by atoms with E-state index in [-0.39, 0.29) is 17.8 Å². The molecule has 1 fully saturated rings. The summed E-state index contributed by atoms with van der Waals surface area (Å²) < 4.78 is 2.91. The Morgan fingerprint density at radius 3 is 2.62 bits per heavy atom. The normalized spacial score (nSPS) is 13.8. The van der Waals surface area contributed by atoms with E-state index >= 15 is 0 Å². The number of hydrogen-bond donors (Lipinski definition) is 2. The lowest BCUT2D eigenvalue weighted by atomic mass is 10.1. The van der Waals surface area contributed by atoms with Crippen LogP contribution in [0.1, 0.15) is 33.3 Å². The Balaban J connectivity index is 1.84. The maximum absolute atomic E-state index is 13.5. The number of ketones is 1. The van der Waals surface area contributed by atoms with Crippen molar-refractivity contribution in [2.75, 3.05) is 31.1 Å². The summed E-state index contributed by atoms with van der Waals surface area (Å²) in [6.07, 6.45) is 0. The van der Waals surface area contributed by atoms with Gasteiger partial charge in [-0.05, 0) is 25.1 Å². The van der Waals surface area contributed by atoms with Gasteiger partial charge in [-0.25, -0.2) is 4.98 Å². The first-order valence-corrected chi connectivity index (χ1v) is 10.4. The molecule has 3 aromatic rings. The van der Waals surface area contributed by atoms with Gasteiger partial charge >= 0.3 is 0 Å². The summed E-state index contributed by atoms with van der Waals surface area (Å²) in [5.41, 5.74) is 6.26. The number of primary amides is 1. The molecule has 3 heterocycles. The Kier molecular flexibility index (Phi) is 5.75. The lowest BCUT2D eigenvalue weighted by molar-refractivity contribution is 0.0961. The van der Waals surface area contributed by atoms with E-state index in [0.29, 0.717) is 29.1 Å². The van der Waals surface area contributed by atoms with Crippen LogP contribution in [-0.4, -0.2) is 52.0 Å². The molecule has 1 aliphatic rings. The number of nitriles is 1. The van der Waals surface area contributed by atoms with Gasteiger partial charge in [-0.2, -0.15) is 5.26 Å². The standard InChI is InChI=1S/C22H23N7O3/c1-2-28-19-16(26-22(28)27-8-6-25-7-9-27)11-17(20(24)31)29(21(19)32)13-18(30)15-5-3-4-14(10-15)12-23/h3-5,10-11,25H,2,6-9,13H2,1H3,(H2,24,31). The molecule has 2 aromatic heterocycles. The van der Waals surface area contributed by atoms with E-state index in [4.69, 9.17) is 11.0 Å². The Morgan fingerprint density at radius 1 is 1.22 bits per heavy atom. The van der Waals surface area contributed by atoms with Gasteiger partial charge in [-0.3, -0.25) is 19.0 Å². The maximum atomic E-state index is 13.5. The molecule has 10 nitrogen and oxygen atoms in total. The fourth-order valence-corrected chi connectivity index (χ4v) is 3.99. The van der Waals surface area contributed by atoms with Crippen LogP contribution in [0.25, 0.3) is 11.0 Å². The van der Waals surface area contributed by atoms with Crippen LogP contribution in [0.3, 0.4) is 0 Å². The van der Waals surface area contributed by atoms with E-state index in [1.54, 1.807) is 18.2 Å². The number of aromatic nitrogens is 3. The number of hydrogen-bond acceptors (Lipinski definition) is 7. The quantitative estimate of drug-likeness (QED) is 0.539. The van der Waals surface area contributed by atoms with Crippen molar-refractivity contribution in [3.63, 3.8) is 0 Å². The Morgan fingerprint density at radius 2 is 1.97 bits per heavy atom. The number of anilines is 1. The highest BCUT2D eigenvalue weighted by atomic mass is 16.2. The second-order valence-corrected chi connectivity index (χ2v) is 7.53. The highest BCUT2D eigenvalue weighted by molar-refractivity contribution is 5.99. The number of carbonyl (C=O) groups excluding carboxylic acids is 2. The van der Waals surface area contributed by atoms with E-state index in [1.807, 2.05) is 17.6 Å². The molecule has 1 aliphatic heterocycles. The van der Waals surface area contributed by atoms with Gasteiger partial charge in [0.2, 0.25) is 5.95 Å². The van der Waals surface area contributed by atoms with Gasteiger partial charge in [0.1, 0.15) is 11.2 Å². The fourth-order valence-electron chi connectivity index (χ4n) is 3.99. The third kappa shape index (κ3) is 3.74. The highest BCUT2D eigenvalue weighted by Gasteiger charge is 2.24. The first-order chi connectivity index (χ1) is 15.4. The summed E-state index contributed by atoms with van der Waals surface area (Å²) in [4.78, 5) is 45.2. The number of amides is 1. The van der Waals surface area contributed by atoms with Crippen LogP contribution < -0.4 is 21.5 Å². The predicted octanol–water partition coefficient (Wildman–Crippen LogP) is 0.481. The molecular weight excluding hydrogens is 410 g/mol. The number of pyridine rings is 1. The van der Waals surface area contributed by atoms with Gasteiger partial charge in [0, 0.05) is 38.3 Å². The van der Waals surface area contributed by atoms with Gasteiger partial charge in [-0.15, -0.1) is 0 Å². The highest BCUT2D eigenvalue weighted by Crippen LogP contribution is 2.22. The van der Waals surface area contributed by atoms with Crippen LogP contribution in [-0.2, 0) is 13.1 Å². The number of piperazine rings is 1. The molecule has 1 aromatic carbocycles. The molecule has 1 amide bonds. The molecule has 3 N–H and O–H groups in total. The van der Waals surface area contributed by atoms with Crippen LogP contribution >= 0.6 is 0 Å². The van der Waals surface area contributed by atoms with Crippen LogP contribution in [0.15, 0.2) is 35.1 Å². The van der Waals surface area contributed by atoms with Crippen LogP contribution in [0.4, 0.5) is 5.95 Å². The number of nitrogens with one attached hydrogen (secondary N) is 1. The molecule has 4 rings (SSSR count). The van der Waals surface area contributed by atoms with Gasteiger partial charge in [-0.1, -0.05) is 12.1 Å². The average Bonchev–Trinajstić information content (AvgIpc) is 3.20. The van der Waals surface area contributed by atoms with E-state index in [1.165, 1.54) is 12.1 Å². The van der Waals surface area contributed by atoms with Crippen molar-refractivity contribution in [3.05, 3.63) is 57.5 Å². The third-order valence-corrected chi connectivity index (χ3v) is 5.57. The van der Waals surface area contributed by atoms with E-state index in [2.05, 4.69) is 15.2 Å². The van der Waals surface area contributed by atoms with Gasteiger partial charge in [0.25, 0.3) is 11.5 Å². The Labute approximate surface area is 183 Å². The third-order valence-electron chi connectivity index (χ3n) is 5.57. The Hall–Kier alpha value is -3.97. The largest absolute Gasteiger partial charge is 0.364 e. The van der Waals surface area contributed by atoms with Gasteiger partial charge in [0.05, 0.1) is 23.7 Å². The second-order valence-electron chi connectivity index (χ2n) is 7.53. The molecule has 0 radical (unpaired) electrons. The molecule has 0 spiro atoms. The molecule has 0 unspecified atom stereocenters. The molecular formula is C22H23N7O3. The zero-order chi connectivity index (χ0) is 22.8. The van der Waals surface area contributed by atoms with E-state index < -0.39 is 17.2 Å². The molecule has 32 heavy (non-hydrogen) atoms. The number of benzene rings is 1. The van der Waals surface area contributed by atoms with Crippen molar-refractivity contribution in [1.29, 1.82) is 5.26 Å². The number of nitrogens with zero attached hydrogens (tertiary/aromatic N) is 5. The number of rotatable bonds is 6. The zero-order valence-electron chi connectivity index (χ0n) is 17.7. The molecule has 0 aliphatic carbocycles. The number of imidazole rings is 1. The first-order valence-electron chi connectivity index (χ1n) is 10.4. The minimum absolute atomic E-state index is 0.0834. The van der Waals surface area contributed by atoms with Crippen molar-refractivity contribution in [1.82, 2.24) is 19.4 Å². The first kappa shape index (κ1) is 21.3. The van der Waals surface area contributed by atoms with Crippen molar-refractivity contribution >= 4 is 28.7 Å². The molecule has 164 valence electrons. The smallest absolute Gasteiger partial charge is 0.277 e. The van der Waals surface area contributed by atoms with Crippen molar-refractivity contribution in [3.8, 4) is 6.07 Å². The lowest BCUT2D eigenvalue weighted by Crippen LogP contribution is -2.44. The second kappa shape index (κ2) is 8.64. The molecule has 0 saturated carbocycles. The summed E-state index contributed by atoms with van der Waals surface area (Å²) in [5.74, 6) is -0.574. The predicted molar refractivity (Wildman–Crippen MR) is 119 cm³/mol. The van der Waals surface area contributed by atoms with Crippen molar-refractivity contribution in [2.45, 2.75) is 20.0 Å². The minimum atomic E-state index is -0.822. The Bertz CT molecular complexity index is 1310. The summed E-state index contributed by atoms with van der Waals surface area (Å²) in [7, 11) is 0.